The molecule has 2 rings (SSSR count). The van der Waals surface area contributed by atoms with Gasteiger partial charge in [0.1, 0.15) is 0 Å². The van der Waals surface area contributed by atoms with Gasteiger partial charge in [0.05, 0.1) is 0 Å². The third kappa shape index (κ3) is 2.23. The van der Waals surface area contributed by atoms with Crippen LogP contribution in [0.2, 0.25) is 0 Å². The van der Waals surface area contributed by atoms with E-state index in [1.165, 1.54) is 42.4 Å². The molecule has 2 atom stereocenters. The highest BCUT2D eigenvalue weighted by atomic mass is 14.6. The number of benzene rings is 1. The number of aryl methyl sites for hydroxylation is 1. The van der Waals surface area contributed by atoms with E-state index in [4.69, 9.17) is 5.73 Å². The normalized spacial score (nSPS) is 26.6. The fourth-order valence-electron chi connectivity index (χ4n) is 2.73. The van der Waals surface area contributed by atoms with Crippen LogP contribution in [-0.4, -0.2) is 6.04 Å². The fraction of sp³-hybridized carbons (Fsp3) is 0.571. The van der Waals surface area contributed by atoms with Gasteiger partial charge in [-0.1, -0.05) is 24.6 Å². The second kappa shape index (κ2) is 4.36. The summed E-state index contributed by atoms with van der Waals surface area (Å²) in [6, 6.07) is 7.08. The fourth-order valence-corrected chi connectivity index (χ4v) is 2.73. The summed E-state index contributed by atoms with van der Waals surface area (Å²) in [4.78, 5) is 0. The molecule has 2 unspecified atom stereocenters. The minimum atomic E-state index is 0.420. The van der Waals surface area contributed by atoms with Gasteiger partial charge < -0.3 is 5.73 Å². The van der Waals surface area contributed by atoms with Gasteiger partial charge in [0.25, 0.3) is 0 Å². The molecule has 15 heavy (non-hydrogen) atoms. The van der Waals surface area contributed by atoms with Crippen molar-refractivity contribution in [2.45, 2.75) is 51.5 Å². The van der Waals surface area contributed by atoms with Gasteiger partial charge in [-0.15, -0.1) is 0 Å². The SMILES string of the molecule is Cc1cccc(C2CCCC(N)C2)c1C. The maximum Gasteiger partial charge on any atom is 0.00446 e. The lowest BCUT2D eigenvalue weighted by molar-refractivity contribution is 0.392. The summed E-state index contributed by atoms with van der Waals surface area (Å²) >= 11 is 0. The molecule has 1 nitrogen and oxygen atoms in total. The summed E-state index contributed by atoms with van der Waals surface area (Å²) in [7, 11) is 0. The van der Waals surface area contributed by atoms with Crippen molar-refractivity contribution in [3.63, 3.8) is 0 Å². The van der Waals surface area contributed by atoms with Crippen LogP contribution in [-0.2, 0) is 0 Å². The molecule has 1 aromatic carbocycles. The van der Waals surface area contributed by atoms with Crippen molar-refractivity contribution in [3.8, 4) is 0 Å². The van der Waals surface area contributed by atoms with Crippen molar-refractivity contribution in [2.75, 3.05) is 0 Å². The van der Waals surface area contributed by atoms with E-state index < -0.39 is 0 Å². The van der Waals surface area contributed by atoms with Gasteiger partial charge in [-0.25, -0.2) is 0 Å². The molecular weight excluding hydrogens is 182 g/mol. The van der Waals surface area contributed by atoms with Crippen molar-refractivity contribution >= 4 is 0 Å². The van der Waals surface area contributed by atoms with E-state index >= 15 is 0 Å². The van der Waals surface area contributed by atoms with Crippen molar-refractivity contribution in [3.05, 3.63) is 34.9 Å². The van der Waals surface area contributed by atoms with Crippen LogP contribution in [0.15, 0.2) is 18.2 Å². The Bertz CT molecular complexity index is 343. The molecule has 0 heterocycles. The van der Waals surface area contributed by atoms with Crippen LogP contribution in [0.3, 0.4) is 0 Å². The lowest BCUT2D eigenvalue weighted by atomic mass is 9.79. The molecule has 0 radical (unpaired) electrons. The van der Waals surface area contributed by atoms with Crippen LogP contribution in [0.1, 0.15) is 48.3 Å². The molecular formula is C14H21N. The molecule has 2 N–H and O–H groups in total. The molecule has 1 aromatic rings. The van der Waals surface area contributed by atoms with Gasteiger partial charge in [-0.05, 0) is 55.7 Å². The molecule has 0 aliphatic heterocycles. The van der Waals surface area contributed by atoms with Crippen LogP contribution in [0.5, 0.6) is 0 Å². The zero-order valence-corrected chi connectivity index (χ0v) is 9.79. The summed E-state index contributed by atoms with van der Waals surface area (Å²) in [6.45, 7) is 4.44. The lowest BCUT2D eigenvalue weighted by Crippen LogP contribution is -2.27. The molecule has 1 aliphatic rings. The monoisotopic (exact) mass is 203 g/mol. The minimum absolute atomic E-state index is 0.420. The summed E-state index contributed by atoms with van der Waals surface area (Å²) in [5.74, 6) is 0.702. The Labute approximate surface area is 92.7 Å². The van der Waals surface area contributed by atoms with E-state index in [0.717, 1.165) is 0 Å². The van der Waals surface area contributed by atoms with Crippen molar-refractivity contribution < 1.29 is 0 Å². The molecule has 0 spiro atoms. The van der Waals surface area contributed by atoms with Crippen molar-refractivity contribution in [1.82, 2.24) is 0 Å². The van der Waals surface area contributed by atoms with Crippen LogP contribution >= 0.6 is 0 Å². The van der Waals surface area contributed by atoms with Crippen molar-refractivity contribution in [2.24, 2.45) is 5.73 Å². The van der Waals surface area contributed by atoms with Gasteiger partial charge in [0.2, 0.25) is 0 Å². The molecule has 1 fully saturated rings. The standard InChI is InChI=1S/C14H21N/c1-10-5-3-8-14(11(10)2)12-6-4-7-13(15)9-12/h3,5,8,12-13H,4,6-7,9,15H2,1-2H3. The van der Waals surface area contributed by atoms with Gasteiger partial charge in [-0.2, -0.15) is 0 Å². The Kier molecular flexibility index (Phi) is 3.11. The maximum absolute atomic E-state index is 6.05. The van der Waals surface area contributed by atoms with Gasteiger partial charge in [0, 0.05) is 6.04 Å². The topological polar surface area (TPSA) is 26.0 Å². The first-order valence-corrected chi connectivity index (χ1v) is 6.00. The molecule has 1 heteroatoms. The zero-order valence-electron chi connectivity index (χ0n) is 9.79. The van der Waals surface area contributed by atoms with Gasteiger partial charge in [-0.3, -0.25) is 0 Å². The van der Waals surface area contributed by atoms with E-state index in [9.17, 15) is 0 Å². The van der Waals surface area contributed by atoms with Crippen LogP contribution < -0.4 is 5.73 Å². The molecule has 1 aliphatic carbocycles. The van der Waals surface area contributed by atoms with E-state index in [2.05, 4.69) is 32.0 Å². The number of nitrogens with two attached hydrogens (primary N) is 1. The minimum Gasteiger partial charge on any atom is -0.328 e. The van der Waals surface area contributed by atoms with Gasteiger partial charge >= 0.3 is 0 Å². The largest absolute Gasteiger partial charge is 0.328 e. The highest BCUT2D eigenvalue weighted by molar-refractivity contribution is 5.35. The second-order valence-electron chi connectivity index (χ2n) is 4.91. The lowest BCUT2D eigenvalue weighted by Gasteiger charge is -2.28. The van der Waals surface area contributed by atoms with E-state index in [-0.39, 0.29) is 0 Å². The quantitative estimate of drug-likeness (QED) is 0.744. The Morgan fingerprint density at radius 2 is 2.00 bits per heavy atom. The summed E-state index contributed by atoms with van der Waals surface area (Å²) in [6.07, 6.45) is 4.99. The first-order chi connectivity index (χ1) is 7.18. The molecule has 0 amide bonds. The Morgan fingerprint density at radius 3 is 2.73 bits per heavy atom. The third-order valence-corrected chi connectivity index (χ3v) is 3.80. The highest BCUT2D eigenvalue weighted by Gasteiger charge is 2.21. The Morgan fingerprint density at radius 1 is 1.20 bits per heavy atom. The Balaban J connectivity index is 2.24. The summed E-state index contributed by atoms with van der Waals surface area (Å²) in [5, 5.41) is 0. The number of hydrogen-bond acceptors (Lipinski definition) is 1. The highest BCUT2D eigenvalue weighted by Crippen LogP contribution is 2.34. The number of hydrogen-bond donors (Lipinski definition) is 1. The van der Waals surface area contributed by atoms with E-state index in [1.807, 2.05) is 0 Å². The van der Waals surface area contributed by atoms with Crippen LogP contribution in [0.25, 0.3) is 0 Å². The first kappa shape index (κ1) is 10.7. The van der Waals surface area contributed by atoms with Crippen LogP contribution in [0.4, 0.5) is 0 Å². The second-order valence-corrected chi connectivity index (χ2v) is 4.91. The van der Waals surface area contributed by atoms with E-state index in [1.54, 1.807) is 0 Å². The van der Waals surface area contributed by atoms with Crippen molar-refractivity contribution in [1.29, 1.82) is 0 Å². The first-order valence-electron chi connectivity index (χ1n) is 6.00. The molecule has 0 saturated heterocycles. The maximum atomic E-state index is 6.05. The molecule has 82 valence electrons. The molecule has 0 bridgehead atoms. The average molecular weight is 203 g/mol. The molecule has 1 saturated carbocycles. The Hall–Kier alpha value is -0.820. The number of rotatable bonds is 1. The summed E-state index contributed by atoms with van der Waals surface area (Å²) < 4.78 is 0. The van der Waals surface area contributed by atoms with Crippen LogP contribution in [0, 0.1) is 13.8 Å². The smallest absolute Gasteiger partial charge is 0.00446 e. The third-order valence-electron chi connectivity index (χ3n) is 3.80. The summed E-state index contributed by atoms with van der Waals surface area (Å²) in [5.41, 5.74) is 10.5. The van der Waals surface area contributed by atoms with E-state index in [0.29, 0.717) is 12.0 Å². The predicted octanol–water partition coefficient (Wildman–Crippen LogP) is 3.29. The molecule has 0 aromatic heterocycles. The predicted molar refractivity (Wildman–Crippen MR) is 65.1 cm³/mol. The van der Waals surface area contributed by atoms with Gasteiger partial charge in [0.15, 0.2) is 0 Å². The average Bonchev–Trinajstić information content (AvgIpc) is 2.22. The zero-order chi connectivity index (χ0) is 10.8.